The van der Waals surface area contributed by atoms with Gasteiger partial charge in [-0.25, -0.2) is 4.79 Å². The molecule has 0 heterocycles. The average molecular weight is 577 g/mol. The summed E-state index contributed by atoms with van der Waals surface area (Å²) in [6.45, 7) is 7.13. The Balaban J connectivity index is 2.14. The van der Waals surface area contributed by atoms with Crippen LogP contribution in [0.4, 0.5) is 4.79 Å². The maximum absolute atomic E-state index is 13.3. The summed E-state index contributed by atoms with van der Waals surface area (Å²) in [6, 6.07) is 15.8. The molecule has 0 saturated carbocycles. The van der Waals surface area contributed by atoms with E-state index in [0.717, 1.165) is 11.1 Å². The molecule has 0 fully saturated rings. The van der Waals surface area contributed by atoms with E-state index in [2.05, 4.69) is 10.6 Å². The first-order chi connectivity index (χ1) is 18.7. The van der Waals surface area contributed by atoms with Crippen molar-refractivity contribution in [3.8, 4) is 11.1 Å². The Labute approximate surface area is 233 Å². The molecule has 2 rings (SSSR count). The van der Waals surface area contributed by atoms with Crippen LogP contribution >= 0.6 is 7.37 Å². The van der Waals surface area contributed by atoms with Gasteiger partial charge in [0.15, 0.2) is 0 Å². The van der Waals surface area contributed by atoms with E-state index in [9.17, 15) is 33.7 Å². The van der Waals surface area contributed by atoms with Gasteiger partial charge in [-0.15, -0.1) is 0 Å². The number of carbonyl (C=O) groups excluding carboxylic acids is 3. The standard InChI is InChI=1S/C28H37N2O9P/c1-17(2)27(34)38-20(5)39-28(35)30-19(4)40(36,37)16-24(25(31)29-18(3)26(32)33)15-21-11-13-23(14-12-21)22-9-7-6-8-10-22/h6-14,17-20,24H,15-16H2,1-5H3,(H,29,31)(H,30,35)(H,32,33)(H,36,37)/t18-,19+,20?,24+/m0/s1. The van der Waals surface area contributed by atoms with Gasteiger partial charge in [-0.2, -0.15) is 0 Å². The molecule has 2 unspecified atom stereocenters. The molecule has 11 nitrogen and oxygen atoms in total. The first kappa shape index (κ1) is 32.5. The molecule has 2 aromatic carbocycles. The first-order valence-electron chi connectivity index (χ1n) is 12.9. The quantitative estimate of drug-likeness (QED) is 0.157. The molecule has 4 N–H and O–H groups in total. The minimum absolute atomic E-state index is 0.0527. The van der Waals surface area contributed by atoms with Gasteiger partial charge in [0.05, 0.1) is 11.8 Å². The second-order valence-corrected chi connectivity index (χ2v) is 12.5. The SMILES string of the molecule is CC(OC(=O)N[C@@H](C)P(=O)(O)C[C@@H](Cc1ccc(-c2ccccc2)cc1)C(=O)N[C@@H](C)C(=O)O)OC(=O)C(C)C. The minimum atomic E-state index is -4.22. The predicted octanol–water partition coefficient (Wildman–Crippen LogP) is 3.99. The second-order valence-electron chi connectivity index (χ2n) is 9.86. The third-order valence-electron chi connectivity index (χ3n) is 6.08. The van der Waals surface area contributed by atoms with Crippen molar-refractivity contribution in [3.05, 3.63) is 60.2 Å². The Kier molecular flexibility index (Phi) is 11.9. The topological polar surface area (TPSA) is 168 Å². The zero-order valence-electron chi connectivity index (χ0n) is 23.2. The van der Waals surface area contributed by atoms with Gasteiger partial charge in [-0.1, -0.05) is 68.4 Å². The molecule has 0 aliphatic rings. The smallest absolute Gasteiger partial charge is 0.410 e. The van der Waals surface area contributed by atoms with Gasteiger partial charge >= 0.3 is 18.0 Å². The lowest BCUT2D eigenvalue weighted by molar-refractivity contribution is -0.168. The highest BCUT2D eigenvalue weighted by Crippen LogP contribution is 2.47. The maximum atomic E-state index is 13.3. The Morgan fingerprint density at radius 3 is 1.98 bits per heavy atom. The molecule has 0 aromatic heterocycles. The van der Waals surface area contributed by atoms with Crippen molar-refractivity contribution in [1.29, 1.82) is 0 Å². The van der Waals surface area contributed by atoms with Gasteiger partial charge in [-0.3, -0.25) is 18.9 Å². The fraction of sp³-hybridized carbons (Fsp3) is 0.429. The summed E-state index contributed by atoms with van der Waals surface area (Å²) < 4.78 is 23.2. The molecule has 0 radical (unpaired) electrons. The van der Waals surface area contributed by atoms with Gasteiger partial charge in [0.25, 0.3) is 0 Å². The van der Waals surface area contributed by atoms with E-state index in [1.54, 1.807) is 26.0 Å². The fourth-order valence-corrected chi connectivity index (χ4v) is 5.19. The predicted molar refractivity (Wildman–Crippen MR) is 148 cm³/mol. The highest BCUT2D eigenvalue weighted by Gasteiger charge is 2.36. The summed E-state index contributed by atoms with van der Waals surface area (Å²) in [6.07, 6.45) is -2.79. The Morgan fingerprint density at radius 1 is 0.850 bits per heavy atom. The summed E-state index contributed by atoms with van der Waals surface area (Å²) in [5, 5.41) is 13.8. The third-order valence-corrected chi connectivity index (χ3v) is 8.39. The summed E-state index contributed by atoms with van der Waals surface area (Å²) >= 11 is 0. The zero-order valence-corrected chi connectivity index (χ0v) is 24.1. The van der Waals surface area contributed by atoms with Crippen LogP contribution < -0.4 is 10.6 Å². The van der Waals surface area contributed by atoms with Crippen molar-refractivity contribution in [3.63, 3.8) is 0 Å². The monoisotopic (exact) mass is 576 g/mol. The van der Waals surface area contributed by atoms with Gasteiger partial charge < -0.3 is 30.1 Å². The summed E-state index contributed by atoms with van der Waals surface area (Å²) in [7, 11) is -4.22. The van der Waals surface area contributed by atoms with E-state index in [1.165, 1.54) is 20.8 Å². The molecule has 2 aromatic rings. The highest BCUT2D eigenvalue weighted by atomic mass is 31.2. The Hall–Kier alpha value is -3.69. The second kappa shape index (κ2) is 14.6. The van der Waals surface area contributed by atoms with E-state index in [-0.39, 0.29) is 6.42 Å². The van der Waals surface area contributed by atoms with Crippen LogP contribution in [0.1, 0.15) is 40.2 Å². The molecule has 12 heteroatoms. The number of hydrogen-bond acceptors (Lipinski definition) is 7. The van der Waals surface area contributed by atoms with Crippen molar-refractivity contribution in [2.45, 2.75) is 59.2 Å². The van der Waals surface area contributed by atoms with Crippen molar-refractivity contribution in [2.75, 3.05) is 6.16 Å². The summed E-state index contributed by atoms with van der Waals surface area (Å²) in [5.41, 5.74) is 2.64. The van der Waals surface area contributed by atoms with Crippen LogP contribution in [0.2, 0.25) is 0 Å². The van der Waals surface area contributed by atoms with Crippen LogP contribution in [0.5, 0.6) is 0 Å². The molecule has 0 spiro atoms. The number of hydrogen-bond donors (Lipinski definition) is 4. The number of carboxylic acids is 1. The van der Waals surface area contributed by atoms with Crippen LogP contribution in [0.3, 0.4) is 0 Å². The molecular formula is C28H37N2O9P. The number of esters is 1. The molecule has 2 amide bonds. The molecule has 0 saturated heterocycles. The number of aliphatic carboxylic acids is 1. The summed E-state index contributed by atoms with van der Waals surface area (Å²) in [4.78, 5) is 59.0. The van der Waals surface area contributed by atoms with E-state index >= 15 is 0 Å². The van der Waals surface area contributed by atoms with Gasteiger partial charge in [-0.05, 0) is 37.0 Å². The first-order valence-corrected chi connectivity index (χ1v) is 14.8. The molecule has 0 aliphatic heterocycles. The number of benzene rings is 2. The van der Waals surface area contributed by atoms with Crippen LogP contribution in [0.25, 0.3) is 11.1 Å². The molecule has 0 bridgehead atoms. The number of rotatable bonds is 13. The largest absolute Gasteiger partial charge is 0.480 e. The number of ether oxygens (including phenoxy) is 2. The number of nitrogens with one attached hydrogen (secondary N) is 2. The number of amides is 2. The Bertz CT molecular complexity index is 1220. The fourth-order valence-electron chi connectivity index (χ4n) is 3.64. The molecule has 218 valence electrons. The van der Waals surface area contributed by atoms with E-state index in [1.807, 2.05) is 42.5 Å². The molecular weight excluding hydrogens is 539 g/mol. The average Bonchev–Trinajstić information content (AvgIpc) is 2.88. The third kappa shape index (κ3) is 10.1. The Morgan fingerprint density at radius 2 is 1.43 bits per heavy atom. The van der Waals surface area contributed by atoms with Gasteiger partial charge in [0, 0.05) is 13.1 Å². The van der Waals surface area contributed by atoms with Crippen LogP contribution in [-0.4, -0.2) is 58.2 Å². The van der Waals surface area contributed by atoms with Gasteiger partial charge in [0.2, 0.25) is 19.6 Å². The van der Waals surface area contributed by atoms with E-state index in [0.29, 0.717) is 5.56 Å². The number of alkyl carbamates (subject to hydrolysis) is 1. The van der Waals surface area contributed by atoms with Crippen molar-refractivity contribution in [2.24, 2.45) is 11.8 Å². The molecule has 40 heavy (non-hydrogen) atoms. The van der Waals surface area contributed by atoms with Crippen LogP contribution in [-0.2, 0) is 34.8 Å². The van der Waals surface area contributed by atoms with Gasteiger partial charge in [0.1, 0.15) is 11.8 Å². The minimum Gasteiger partial charge on any atom is -0.480 e. The van der Waals surface area contributed by atoms with Crippen LogP contribution in [0, 0.1) is 11.8 Å². The molecule has 5 atom stereocenters. The maximum Gasteiger partial charge on any atom is 0.410 e. The van der Waals surface area contributed by atoms with E-state index in [4.69, 9.17) is 9.47 Å². The van der Waals surface area contributed by atoms with Crippen molar-refractivity contribution >= 4 is 31.3 Å². The van der Waals surface area contributed by atoms with Crippen molar-refractivity contribution in [1.82, 2.24) is 10.6 Å². The number of carboxylic acid groups (broad SMARTS) is 1. The van der Waals surface area contributed by atoms with Crippen LogP contribution in [0.15, 0.2) is 54.6 Å². The zero-order chi connectivity index (χ0) is 30.0. The normalized spacial score (nSPS) is 15.6. The lowest BCUT2D eigenvalue weighted by atomic mass is 9.97. The lowest BCUT2D eigenvalue weighted by Crippen LogP contribution is -2.44. The molecule has 0 aliphatic carbocycles. The van der Waals surface area contributed by atoms with Crippen molar-refractivity contribution < 1.29 is 43.2 Å². The van der Waals surface area contributed by atoms with E-state index < -0.39 is 67.4 Å². The lowest BCUT2D eigenvalue weighted by Gasteiger charge is -2.26. The highest BCUT2D eigenvalue weighted by molar-refractivity contribution is 7.58. The number of carbonyl (C=O) groups is 4. The summed E-state index contributed by atoms with van der Waals surface area (Å²) in [5.74, 6) is -5.38.